The van der Waals surface area contributed by atoms with E-state index in [-0.39, 0.29) is 0 Å². The highest BCUT2D eigenvalue weighted by atomic mass is 15.2. The Balaban J connectivity index is 1.99. The van der Waals surface area contributed by atoms with E-state index >= 15 is 0 Å². The minimum absolute atomic E-state index is 0.746. The van der Waals surface area contributed by atoms with Crippen LogP contribution in [-0.4, -0.2) is 37.1 Å². The summed E-state index contributed by atoms with van der Waals surface area (Å²) in [5, 5.41) is 3.60. The van der Waals surface area contributed by atoms with Crippen molar-refractivity contribution in [1.29, 1.82) is 0 Å². The van der Waals surface area contributed by atoms with Crippen LogP contribution >= 0.6 is 0 Å². The zero-order chi connectivity index (χ0) is 8.55. The maximum atomic E-state index is 3.60. The molecule has 2 fully saturated rings. The Hall–Kier alpha value is -0.0800. The molecule has 2 aliphatic rings. The molecule has 1 N–H and O–H groups in total. The number of fused-ring (bicyclic) bond motifs is 2. The molecule has 70 valence electrons. The fraction of sp³-hybridized carbons (Fsp3) is 1.00. The standard InChI is InChI=1S/C10H20N2/c1-3-12-6-9-4-10(7-12)8(2)11-5-9/h8-11H,3-7H2,1-2H3. The van der Waals surface area contributed by atoms with Crippen LogP contribution in [0.5, 0.6) is 0 Å². The number of rotatable bonds is 1. The third-order valence-electron chi connectivity index (χ3n) is 3.53. The smallest absolute Gasteiger partial charge is 0.00794 e. The second-order valence-corrected chi connectivity index (χ2v) is 4.41. The lowest BCUT2D eigenvalue weighted by molar-refractivity contribution is 0.0770. The molecule has 2 heteroatoms. The first-order chi connectivity index (χ1) is 5.79. The highest BCUT2D eigenvalue weighted by Gasteiger charge is 2.33. The maximum Gasteiger partial charge on any atom is 0.00794 e. The van der Waals surface area contributed by atoms with Crippen molar-refractivity contribution in [3.05, 3.63) is 0 Å². The lowest BCUT2D eigenvalue weighted by Gasteiger charge is -2.44. The molecule has 0 aliphatic carbocycles. The molecule has 12 heavy (non-hydrogen) atoms. The zero-order valence-corrected chi connectivity index (χ0v) is 8.21. The largest absolute Gasteiger partial charge is 0.314 e. The second kappa shape index (κ2) is 3.35. The van der Waals surface area contributed by atoms with Crippen LogP contribution in [0, 0.1) is 11.8 Å². The monoisotopic (exact) mass is 168 g/mol. The van der Waals surface area contributed by atoms with Gasteiger partial charge in [-0.15, -0.1) is 0 Å². The summed E-state index contributed by atoms with van der Waals surface area (Å²) in [5.41, 5.74) is 0. The fourth-order valence-electron chi connectivity index (χ4n) is 2.64. The maximum absolute atomic E-state index is 3.60. The van der Waals surface area contributed by atoms with E-state index in [1.165, 1.54) is 32.6 Å². The molecule has 0 spiro atoms. The summed E-state index contributed by atoms with van der Waals surface area (Å²) in [6, 6.07) is 0.746. The first-order valence-corrected chi connectivity index (χ1v) is 5.25. The van der Waals surface area contributed by atoms with Crippen molar-refractivity contribution in [3.63, 3.8) is 0 Å². The molecule has 0 saturated carbocycles. The molecule has 3 atom stereocenters. The molecule has 0 aromatic rings. The number of piperidine rings is 2. The first kappa shape index (κ1) is 8.52. The predicted octanol–water partition coefficient (Wildman–Crippen LogP) is 0.936. The van der Waals surface area contributed by atoms with Crippen molar-refractivity contribution in [2.75, 3.05) is 26.2 Å². The highest BCUT2D eigenvalue weighted by Crippen LogP contribution is 2.27. The Morgan fingerprint density at radius 2 is 2.25 bits per heavy atom. The number of nitrogens with zero attached hydrogens (tertiary/aromatic N) is 1. The van der Waals surface area contributed by atoms with Gasteiger partial charge in [0.15, 0.2) is 0 Å². The van der Waals surface area contributed by atoms with Gasteiger partial charge in [-0.2, -0.15) is 0 Å². The minimum atomic E-state index is 0.746. The molecular weight excluding hydrogens is 148 g/mol. The van der Waals surface area contributed by atoms with Gasteiger partial charge in [-0.05, 0) is 38.3 Å². The van der Waals surface area contributed by atoms with Gasteiger partial charge in [-0.3, -0.25) is 0 Å². The van der Waals surface area contributed by atoms with Gasteiger partial charge in [0.2, 0.25) is 0 Å². The summed E-state index contributed by atoms with van der Waals surface area (Å²) in [5.74, 6) is 1.84. The molecule has 0 radical (unpaired) electrons. The van der Waals surface area contributed by atoms with Crippen LogP contribution in [0.25, 0.3) is 0 Å². The number of likely N-dealkylation sites (tertiary alicyclic amines) is 1. The van der Waals surface area contributed by atoms with Gasteiger partial charge >= 0.3 is 0 Å². The van der Waals surface area contributed by atoms with Crippen LogP contribution in [0.4, 0.5) is 0 Å². The van der Waals surface area contributed by atoms with Gasteiger partial charge in [0.1, 0.15) is 0 Å². The second-order valence-electron chi connectivity index (χ2n) is 4.41. The molecule has 2 aliphatic heterocycles. The van der Waals surface area contributed by atoms with Crippen molar-refractivity contribution in [1.82, 2.24) is 10.2 Å². The molecule has 0 aromatic heterocycles. The number of hydrogen-bond donors (Lipinski definition) is 1. The van der Waals surface area contributed by atoms with E-state index in [0.717, 1.165) is 17.9 Å². The Bertz CT molecular complexity index is 156. The molecule has 2 nitrogen and oxygen atoms in total. The van der Waals surface area contributed by atoms with Crippen LogP contribution in [0.1, 0.15) is 20.3 Å². The van der Waals surface area contributed by atoms with Crippen LogP contribution in [0.15, 0.2) is 0 Å². The topological polar surface area (TPSA) is 15.3 Å². The summed E-state index contributed by atoms with van der Waals surface area (Å²) in [4.78, 5) is 2.61. The average Bonchev–Trinajstić information content (AvgIpc) is 2.12. The molecular formula is C10H20N2. The van der Waals surface area contributed by atoms with Crippen molar-refractivity contribution in [2.24, 2.45) is 11.8 Å². The van der Waals surface area contributed by atoms with E-state index in [0.29, 0.717) is 0 Å². The summed E-state index contributed by atoms with van der Waals surface area (Å²) >= 11 is 0. The van der Waals surface area contributed by atoms with E-state index < -0.39 is 0 Å². The first-order valence-electron chi connectivity index (χ1n) is 5.25. The molecule has 2 heterocycles. The Morgan fingerprint density at radius 3 is 3.00 bits per heavy atom. The molecule has 2 bridgehead atoms. The Labute approximate surface area is 75.3 Å². The van der Waals surface area contributed by atoms with Crippen LogP contribution in [0.3, 0.4) is 0 Å². The molecule has 0 aromatic carbocycles. The van der Waals surface area contributed by atoms with Crippen molar-refractivity contribution in [2.45, 2.75) is 26.3 Å². The van der Waals surface area contributed by atoms with E-state index in [2.05, 4.69) is 24.1 Å². The summed E-state index contributed by atoms with van der Waals surface area (Å²) in [6.07, 6.45) is 1.46. The van der Waals surface area contributed by atoms with Crippen LogP contribution in [0.2, 0.25) is 0 Å². The van der Waals surface area contributed by atoms with Crippen molar-refractivity contribution >= 4 is 0 Å². The summed E-state index contributed by atoms with van der Waals surface area (Å²) in [7, 11) is 0. The zero-order valence-electron chi connectivity index (χ0n) is 8.21. The van der Waals surface area contributed by atoms with E-state index in [1.807, 2.05) is 0 Å². The van der Waals surface area contributed by atoms with Crippen molar-refractivity contribution < 1.29 is 0 Å². The summed E-state index contributed by atoms with van der Waals surface area (Å²) < 4.78 is 0. The molecule has 2 rings (SSSR count). The third-order valence-corrected chi connectivity index (χ3v) is 3.53. The normalized spacial score (nSPS) is 43.0. The van der Waals surface area contributed by atoms with Gasteiger partial charge in [0.05, 0.1) is 0 Å². The average molecular weight is 168 g/mol. The Morgan fingerprint density at radius 1 is 1.42 bits per heavy atom. The van der Waals surface area contributed by atoms with Crippen LogP contribution in [-0.2, 0) is 0 Å². The van der Waals surface area contributed by atoms with E-state index in [1.54, 1.807) is 0 Å². The minimum Gasteiger partial charge on any atom is -0.314 e. The SMILES string of the molecule is CCN1CC2CNC(C)C(C2)C1. The van der Waals surface area contributed by atoms with E-state index in [4.69, 9.17) is 0 Å². The lowest BCUT2D eigenvalue weighted by Crippen LogP contribution is -2.54. The quantitative estimate of drug-likeness (QED) is 0.627. The predicted molar refractivity (Wildman–Crippen MR) is 51.2 cm³/mol. The highest BCUT2D eigenvalue weighted by molar-refractivity contribution is 4.89. The van der Waals surface area contributed by atoms with Crippen molar-refractivity contribution in [3.8, 4) is 0 Å². The Kier molecular flexibility index (Phi) is 2.37. The fourth-order valence-corrected chi connectivity index (χ4v) is 2.64. The lowest BCUT2D eigenvalue weighted by atomic mass is 9.81. The van der Waals surface area contributed by atoms with Gasteiger partial charge in [-0.1, -0.05) is 6.92 Å². The molecule has 3 unspecified atom stereocenters. The van der Waals surface area contributed by atoms with Crippen LogP contribution < -0.4 is 5.32 Å². The van der Waals surface area contributed by atoms with Gasteiger partial charge in [0.25, 0.3) is 0 Å². The number of nitrogens with one attached hydrogen (secondary N) is 1. The number of hydrogen-bond acceptors (Lipinski definition) is 2. The van der Waals surface area contributed by atoms with Gasteiger partial charge in [-0.25, -0.2) is 0 Å². The molecule has 0 amide bonds. The third kappa shape index (κ3) is 1.50. The van der Waals surface area contributed by atoms with E-state index in [9.17, 15) is 0 Å². The van der Waals surface area contributed by atoms with Gasteiger partial charge in [0, 0.05) is 19.1 Å². The summed E-state index contributed by atoms with van der Waals surface area (Å²) in [6.45, 7) is 9.74. The molecule has 2 saturated heterocycles. The van der Waals surface area contributed by atoms with Gasteiger partial charge < -0.3 is 10.2 Å².